The first kappa shape index (κ1) is 9.63. The molecule has 0 bridgehead atoms. The Kier molecular flexibility index (Phi) is 2.81. The number of sulfonamides is 1. The van der Waals surface area contributed by atoms with Gasteiger partial charge in [-0.25, -0.2) is 18.1 Å². The largest absolute Gasteiger partial charge is 0.251 e. The van der Waals surface area contributed by atoms with E-state index >= 15 is 0 Å². The van der Waals surface area contributed by atoms with Gasteiger partial charge >= 0.3 is 0 Å². The zero-order valence-corrected chi connectivity index (χ0v) is 8.37. The highest BCUT2D eigenvalue weighted by atomic mass is 32.2. The summed E-state index contributed by atoms with van der Waals surface area (Å²) in [6.07, 6.45) is 1.29. The summed E-state index contributed by atoms with van der Waals surface area (Å²) < 4.78 is 25.3. The molecule has 6 heteroatoms. The third-order valence-corrected chi connectivity index (χ3v) is 3.85. The summed E-state index contributed by atoms with van der Waals surface area (Å²) >= 11 is 0.985. The maximum Gasteiger partial charge on any atom is 0.251 e. The molecule has 0 aromatic carbocycles. The highest BCUT2D eigenvalue weighted by molar-refractivity contribution is 7.91. The molecule has 0 spiro atoms. The van der Waals surface area contributed by atoms with Gasteiger partial charge in [0.2, 0.25) is 0 Å². The van der Waals surface area contributed by atoms with Crippen LogP contribution in [-0.4, -0.2) is 19.4 Å². The number of rotatable bonds is 3. The van der Waals surface area contributed by atoms with Crippen molar-refractivity contribution >= 4 is 21.4 Å². The summed E-state index contributed by atoms with van der Waals surface area (Å²) in [5.74, 6) is 0. The van der Waals surface area contributed by atoms with E-state index in [4.69, 9.17) is 0 Å². The van der Waals surface area contributed by atoms with E-state index in [-0.39, 0.29) is 10.3 Å². The van der Waals surface area contributed by atoms with Crippen molar-refractivity contribution in [2.24, 2.45) is 0 Å². The van der Waals surface area contributed by atoms with Gasteiger partial charge in [0, 0.05) is 6.04 Å². The van der Waals surface area contributed by atoms with E-state index in [9.17, 15) is 8.42 Å². The van der Waals surface area contributed by atoms with Gasteiger partial charge in [-0.1, -0.05) is 11.3 Å². The molecule has 0 fully saturated rings. The third-order valence-electron chi connectivity index (χ3n) is 1.02. The second kappa shape index (κ2) is 3.51. The van der Waals surface area contributed by atoms with Crippen LogP contribution in [0.15, 0.2) is 10.4 Å². The standard InChI is InChI=1S/C6H9N2O2S2/c1-5(2)8-12(9,10)6-3-7-4-11-6/h3,5,8H,1-2H3. The molecule has 1 heterocycles. The van der Waals surface area contributed by atoms with Crippen molar-refractivity contribution in [3.63, 3.8) is 0 Å². The van der Waals surface area contributed by atoms with Crippen LogP contribution in [0.25, 0.3) is 0 Å². The first-order valence-electron chi connectivity index (χ1n) is 3.36. The van der Waals surface area contributed by atoms with Crippen LogP contribution in [-0.2, 0) is 10.0 Å². The van der Waals surface area contributed by atoms with E-state index in [0.29, 0.717) is 0 Å². The Hall–Kier alpha value is -0.460. The van der Waals surface area contributed by atoms with E-state index < -0.39 is 10.0 Å². The molecule has 12 heavy (non-hydrogen) atoms. The molecule has 67 valence electrons. The first-order chi connectivity index (χ1) is 5.52. The highest BCUT2D eigenvalue weighted by Crippen LogP contribution is 2.12. The van der Waals surface area contributed by atoms with Gasteiger partial charge in [-0.2, -0.15) is 0 Å². The second-order valence-corrected chi connectivity index (χ2v) is 5.31. The third kappa shape index (κ3) is 2.26. The maximum absolute atomic E-state index is 11.3. The van der Waals surface area contributed by atoms with E-state index in [1.807, 2.05) is 0 Å². The molecule has 1 N–H and O–H groups in total. The van der Waals surface area contributed by atoms with Crippen LogP contribution in [0.1, 0.15) is 13.8 Å². The smallest absolute Gasteiger partial charge is 0.240 e. The summed E-state index contributed by atoms with van der Waals surface area (Å²) in [6.45, 7) is 3.53. The van der Waals surface area contributed by atoms with Crippen molar-refractivity contribution in [1.29, 1.82) is 0 Å². The van der Waals surface area contributed by atoms with Gasteiger partial charge in [-0.3, -0.25) is 0 Å². The summed E-state index contributed by atoms with van der Waals surface area (Å²) in [5.41, 5.74) is 2.48. The van der Waals surface area contributed by atoms with Crippen molar-refractivity contribution in [3.05, 3.63) is 11.7 Å². The Balaban J connectivity index is 2.88. The lowest BCUT2D eigenvalue weighted by Gasteiger charge is -2.06. The molecule has 0 aliphatic heterocycles. The lowest BCUT2D eigenvalue weighted by molar-refractivity contribution is 0.572. The number of hydrogen-bond acceptors (Lipinski definition) is 4. The molecular weight excluding hydrogens is 196 g/mol. The summed E-state index contributed by atoms with van der Waals surface area (Å²) in [4.78, 5) is 3.57. The molecule has 0 atom stereocenters. The average molecular weight is 205 g/mol. The van der Waals surface area contributed by atoms with Gasteiger partial charge in [-0.15, -0.1) is 0 Å². The summed E-state index contributed by atoms with van der Waals surface area (Å²) in [5, 5.41) is 0. The van der Waals surface area contributed by atoms with Gasteiger partial charge in [0.05, 0.1) is 6.20 Å². The molecule has 4 nitrogen and oxygen atoms in total. The van der Waals surface area contributed by atoms with Crippen LogP contribution in [0.5, 0.6) is 0 Å². The van der Waals surface area contributed by atoms with Crippen molar-refractivity contribution in [2.75, 3.05) is 0 Å². The molecule has 0 aliphatic rings. The summed E-state index contributed by atoms with van der Waals surface area (Å²) in [7, 11) is -3.34. The fourth-order valence-electron chi connectivity index (χ4n) is 0.669. The van der Waals surface area contributed by atoms with Crippen molar-refractivity contribution in [1.82, 2.24) is 9.71 Å². The zero-order valence-electron chi connectivity index (χ0n) is 6.73. The van der Waals surface area contributed by atoms with Crippen LogP contribution in [0, 0.1) is 5.51 Å². The Labute approximate surface area is 75.7 Å². The molecular formula is C6H9N2O2S2. The number of thiazole rings is 1. The van der Waals surface area contributed by atoms with E-state index in [2.05, 4.69) is 15.2 Å². The monoisotopic (exact) mass is 205 g/mol. The predicted molar refractivity (Wildman–Crippen MR) is 46.4 cm³/mol. The topological polar surface area (TPSA) is 59.1 Å². The zero-order chi connectivity index (χ0) is 9.19. The van der Waals surface area contributed by atoms with Crippen LogP contribution in [0.2, 0.25) is 0 Å². The summed E-state index contributed by atoms with van der Waals surface area (Å²) in [6, 6.07) is -0.0999. The van der Waals surface area contributed by atoms with Gasteiger partial charge in [-0.05, 0) is 13.8 Å². The lowest BCUT2D eigenvalue weighted by Crippen LogP contribution is -2.29. The molecule has 0 amide bonds. The van der Waals surface area contributed by atoms with Crippen LogP contribution >= 0.6 is 11.3 Å². The normalized spacial score (nSPS) is 12.2. The quantitative estimate of drug-likeness (QED) is 0.787. The SMILES string of the molecule is CC(C)NS(=O)(=O)c1cn[c]s1. The number of nitrogens with zero attached hydrogens (tertiary/aromatic N) is 1. The molecule has 1 aromatic rings. The molecule has 0 aliphatic carbocycles. The van der Waals surface area contributed by atoms with E-state index in [0.717, 1.165) is 11.3 Å². The maximum atomic E-state index is 11.3. The predicted octanol–water partition coefficient (Wildman–Crippen LogP) is 0.630. The van der Waals surface area contributed by atoms with E-state index in [1.165, 1.54) is 6.20 Å². The molecule has 0 saturated carbocycles. The fourth-order valence-corrected chi connectivity index (χ4v) is 2.59. The Morgan fingerprint density at radius 1 is 1.67 bits per heavy atom. The highest BCUT2D eigenvalue weighted by Gasteiger charge is 2.16. The number of hydrogen-bond donors (Lipinski definition) is 1. The second-order valence-electron chi connectivity index (χ2n) is 2.55. The van der Waals surface area contributed by atoms with Gasteiger partial charge in [0.1, 0.15) is 0 Å². The minimum Gasteiger partial charge on any atom is -0.240 e. The number of nitrogens with one attached hydrogen (secondary N) is 1. The molecule has 1 rings (SSSR count). The molecule has 1 radical (unpaired) electrons. The van der Waals surface area contributed by atoms with Crippen LogP contribution in [0.3, 0.4) is 0 Å². The first-order valence-corrected chi connectivity index (χ1v) is 5.66. The van der Waals surface area contributed by atoms with Crippen molar-refractivity contribution < 1.29 is 8.42 Å². The van der Waals surface area contributed by atoms with E-state index in [1.54, 1.807) is 13.8 Å². The Morgan fingerprint density at radius 2 is 2.33 bits per heavy atom. The molecule has 1 aromatic heterocycles. The Morgan fingerprint density at radius 3 is 2.75 bits per heavy atom. The van der Waals surface area contributed by atoms with Gasteiger partial charge < -0.3 is 0 Å². The molecule has 0 unspecified atom stereocenters. The van der Waals surface area contributed by atoms with Gasteiger partial charge in [0.15, 0.2) is 9.72 Å². The van der Waals surface area contributed by atoms with Crippen LogP contribution in [0.4, 0.5) is 0 Å². The van der Waals surface area contributed by atoms with Crippen molar-refractivity contribution in [3.8, 4) is 0 Å². The van der Waals surface area contributed by atoms with Crippen LogP contribution < -0.4 is 4.72 Å². The minimum atomic E-state index is -3.34. The fraction of sp³-hybridized carbons (Fsp3) is 0.500. The average Bonchev–Trinajstić information content (AvgIpc) is 2.32. The minimum absolute atomic E-state index is 0.0999. The number of aromatic nitrogens is 1. The molecule has 0 saturated heterocycles. The van der Waals surface area contributed by atoms with Gasteiger partial charge in [0.25, 0.3) is 10.0 Å². The van der Waals surface area contributed by atoms with Crippen molar-refractivity contribution in [2.45, 2.75) is 24.1 Å². The lowest BCUT2D eigenvalue weighted by atomic mass is 10.4. The Bertz CT molecular complexity index is 328.